The van der Waals surface area contributed by atoms with E-state index >= 15 is 0 Å². The molecule has 110 valence electrons. The number of amides is 1. The van der Waals surface area contributed by atoms with E-state index in [2.05, 4.69) is 4.98 Å². The molecule has 6 heteroatoms. The zero-order chi connectivity index (χ0) is 14.8. The lowest BCUT2D eigenvalue weighted by atomic mass is 10.1. The first-order valence-electron chi connectivity index (χ1n) is 6.76. The number of carbonyl (C=O) groups is 1. The molecule has 1 aromatic heterocycles. The van der Waals surface area contributed by atoms with Gasteiger partial charge in [0.05, 0.1) is 23.1 Å². The van der Waals surface area contributed by atoms with Crippen molar-refractivity contribution in [3.63, 3.8) is 0 Å². The number of aromatic nitrogens is 1. The Bertz CT molecular complexity index is 665. The predicted molar refractivity (Wildman–Crippen MR) is 79.0 cm³/mol. The minimum Gasteiger partial charge on any atom is -0.378 e. The summed E-state index contributed by atoms with van der Waals surface area (Å²) in [6.45, 7) is 3.98. The van der Waals surface area contributed by atoms with Crippen molar-refractivity contribution in [2.24, 2.45) is 0 Å². The van der Waals surface area contributed by atoms with Gasteiger partial charge in [0.1, 0.15) is 11.5 Å². The van der Waals surface area contributed by atoms with E-state index < -0.39 is 0 Å². The summed E-state index contributed by atoms with van der Waals surface area (Å²) >= 11 is 1.34. The molecule has 1 amide bonds. The van der Waals surface area contributed by atoms with Crippen molar-refractivity contribution in [3.8, 4) is 10.4 Å². The number of nitrogens with zero attached hydrogens (tertiary/aromatic N) is 2. The highest BCUT2D eigenvalue weighted by Crippen LogP contribution is 2.32. The number of halogens is 1. The van der Waals surface area contributed by atoms with Crippen LogP contribution in [0.2, 0.25) is 0 Å². The molecule has 0 aliphatic carbocycles. The van der Waals surface area contributed by atoms with Gasteiger partial charge in [-0.1, -0.05) is 18.2 Å². The van der Waals surface area contributed by atoms with Gasteiger partial charge in [-0.05, 0) is 13.0 Å². The fourth-order valence-corrected chi connectivity index (χ4v) is 3.25. The first kappa shape index (κ1) is 14.2. The molecule has 0 saturated carbocycles. The maximum atomic E-state index is 14.0. The van der Waals surface area contributed by atoms with E-state index in [1.165, 1.54) is 17.4 Å². The van der Waals surface area contributed by atoms with Gasteiger partial charge < -0.3 is 9.64 Å². The normalized spacial score (nSPS) is 15.2. The Labute approximate surface area is 126 Å². The molecular formula is C15H15FN2O2S. The lowest BCUT2D eigenvalue weighted by molar-refractivity contribution is 0.0300. The summed E-state index contributed by atoms with van der Waals surface area (Å²) in [6, 6.07) is 6.47. The van der Waals surface area contributed by atoms with E-state index in [0.29, 0.717) is 42.4 Å². The summed E-state index contributed by atoms with van der Waals surface area (Å²) in [5.74, 6) is -0.488. The van der Waals surface area contributed by atoms with Crippen molar-refractivity contribution in [2.45, 2.75) is 6.92 Å². The molecule has 3 rings (SSSR count). The Morgan fingerprint density at radius 1 is 1.33 bits per heavy atom. The largest absolute Gasteiger partial charge is 0.378 e. The Kier molecular flexibility index (Phi) is 3.98. The van der Waals surface area contributed by atoms with Crippen LogP contribution in [0.5, 0.6) is 0 Å². The topological polar surface area (TPSA) is 42.4 Å². The van der Waals surface area contributed by atoms with Gasteiger partial charge in [-0.25, -0.2) is 9.37 Å². The molecule has 0 bridgehead atoms. The van der Waals surface area contributed by atoms with Crippen LogP contribution in [0.25, 0.3) is 10.4 Å². The van der Waals surface area contributed by atoms with Gasteiger partial charge in [-0.15, -0.1) is 11.3 Å². The van der Waals surface area contributed by atoms with E-state index in [1.807, 2.05) is 6.92 Å². The third-order valence-electron chi connectivity index (χ3n) is 3.35. The second kappa shape index (κ2) is 5.91. The average molecular weight is 306 g/mol. The molecule has 0 spiro atoms. The number of morpholine rings is 1. The van der Waals surface area contributed by atoms with Gasteiger partial charge in [0.15, 0.2) is 0 Å². The standard InChI is InChI=1S/C15H15FN2O2S/c1-10-17-13(15(19)18-6-8-20-9-7-18)14(21-10)11-4-2-3-5-12(11)16/h2-5H,6-9H2,1H3. The Hall–Kier alpha value is -1.79. The number of benzene rings is 1. The summed E-state index contributed by atoms with van der Waals surface area (Å²) in [4.78, 5) is 19.2. The van der Waals surface area contributed by atoms with Crippen molar-refractivity contribution in [3.05, 3.63) is 40.8 Å². The van der Waals surface area contributed by atoms with Crippen LogP contribution in [0, 0.1) is 12.7 Å². The number of hydrogen-bond acceptors (Lipinski definition) is 4. The molecule has 0 unspecified atom stereocenters. The zero-order valence-electron chi connectivity index (χ0n) is 11.6. The van der Waals surface area contributed by atoms with Crippen LogP contribution < -0.4 is 0 Å². The van der Waals surface area contributed by atoms with E-state index in [-0.39, 0.29) is 11.7 Å². The monoisotopic (exact) mass is 306 g/mol. The molecule has 1 saturated heterocycles. The van der Waals surface area contributed by atoms with Crippen LogP contribution in [-0.2, 0) is 4.74 Å². The number of hydrogen-bond donors (Lipinski definition) is 0. The smallest absolute Gasteiger partial charge is 0.274 e. The predicted octanol–water partition coefficient (Wildman–Crippen LogP) is 2.73. The SMILES string of the molecule is Cc1nc(C(=O)N2CCOCC2)c(-c2ccccc2F)s1. The van der Waals surface area contributed by atoms with Gasteiger partial charge in [0.2, 0.25) is 0 Å². The summed E-state index contributed by atoms with van der Waals surface area (Å²) in [5, 5.41) is 0.755. The number of carbonyl (C=O) groups excluding carboxylic acids is 1. The third kappa shape index (κ3) is 2.82. The summed E-state index contributed by atoms with van der Waals surface area (Å²) in [7, 11) is 0. The van der Waals surface area contributed by atoms with Crippen LogP contribution in [0.4, 0.5) is 4.39 Å². The Morgan fingerprint density at radius 3 is 2.76 bits per heavy atom. The highest BCUT2D eigenvalue weighted by atomic mass is 32.1. The van der Waals surface area contributed by atoms with Gasteiger partial charge >= 0.3 is 0 Å². The van der Waals surface area contributed by atoms with Crippen LogP contribution in [0.3, 0.4) is 0 Å². The lowest BCUT2D eigenvalue weighted by Gasteiger charge is -2.26. The number of thiazole rings is 1. The Balaban J connectivity index is 2.00. The summed E-state index contributed by atoms with van der Waals surface area (Å²) in [5.41, 5.74) is 0.768. The molecule has 1 aliphatic heterocycles. The molecular weight excluding hydrogens is 291 g/mol. The van der Waals surface area contributed by atoms with E-state index in [4.69, 9.17) is 4.74 Å². The van der Waals surface area contributed by atoms with Crippen LogP contribution in [0.15, 0.2) is 24.3 Å². The van der Waals surface area contributed by atoms with Crippen molar-refractivity contribution in [2.75, 3.05) is 26.3 Å². The molecule has 2 heterocycles. The van der Waals surface area contributed by atoms with Gasteiger partial charge in [-0.3, -0.25) is 4.79 Å². The van der Waals surface area contributed by atoms with Crippen molar-refractivity contribution < 1.29 is 13.9 Å². The fraction of sp³-hybridized carbons (Fsp3) is 0.333. The maximum Gasteiger partial charge on any atom is 0.274 e. The third-order valence-corrected chi connectivity index (χ3v) is 4.36. The van der Waals surface area contributed by atoms with Crippen LogP contribution in [0.1, 0.15) is 15.5 Å². The lowest BCUT2D eigenvalue weighted by Crippen LogP contribution is -2.41. The number of aryl methyl sites for hydroxylation is 1. The molecule has 1 aromatic carbocycles. The quantitative estimate of drug-likeness (QED) is 0.857. The van der Waals surface area contributed by atoms with Gasteiger partial charge in [-0.2, -0.15) is 0 Å². The molecule has 2 aromatic rings. The van der Waals surface area contributed by atoms with E-state index in [1.54, 1.807) is 23.1 Å². The molecule has 4 nitrogen and oxygen atoms in total. The van der Waals surface area contributed by atoms with Crippen molar-refractivity contribution >= 4 is 17.2 Å². The van der Waals surface area contributed by atoms with Crippen LogP contribution >= 0.6 is 11.3 Å². The number of rotatable bonds is 2. The molecule has 21 heavy (non-hydrogen) atoms. The van der Waals surface area contributed by atoms with Gasteiger partial charge in [0, 0.05) is 18.7 Å². The Morgan fingerprint density at radius 2 is 2.05 bits per heavy atom. The zero-order valence-corrected chi connectivity index (χ0v) is 12.5. The van der Waals surface area contributed by atoms with Crippen molar-refractivity contribution in [1.29, 1.82) is 0 Å². The second-order valence-electron chi connectivity index (χ2n) is 4.80. The summed E-state index contributed by atoms with van der Waals surface area (Å²) < 4.78 is 19.3. The van der Waals surface area contributed by atoms with Gasteiger partial charge in [0.25, 0.3) is 5.91 Å². The first-order valence-corrected chi connectivity index (χ1v) is 7.58. The van der Waals surface area contributed by atoms with E-state index in [9.17, 15) is 9.18 Å². The number of ether oxygens (including phenoxy) is 1. The fourth-order valence-electron chi connectivity index (χ4n) is 2.32. The minimum atomic E-state index is -0.336. The first-order chi connectivity index (χ1) is 10.2. The molecule has 1 fully saturated rings. The van der Waals surface area contributed by atoms with E-state index in [0.717, 1.165) is 5.01 Å². The molecule has 0 radical (unpaired) electrons. The van der Waals surface area contributed by atoms with Crippen molar-refractivity contribution in [1.82, 2.24) is 9.88 Å². The highest BCUT2D eigenvalue weighted by Gasteiger charge is 2.25. The second-order valence-corrected chi connectivity index (χ2v) is 6.00. The maximum absolute atomic E-state index is 14.0. The highest BCUT2D eigenvalue weighted by molar-refractivity contribution is 7.15. The summed E-state index contributed by atoms with van der Waals surface area (Å²) in [6.07, 6.45) is 0. The molecule has 1 aliphatic rings. The average Bonchev–Trinajstić information content (AvgIpc) is 2.89. The minimum absolute atomic E-state index is 0.152. The molecule has 0 N–H and O–H groups in total. The van der Waals surface area contributed by atoms with Crippen LogP contribution in [-0.4, -0.2) is 42.1 Å². The molecule has 0 atom stereocenters.